The van der Waals surface area contributed by atoms with Crippen molar-refractivity contribution in [1.82, 2.24) is 10.2 Å². The summed E-state index contributed by atoms with van der Waals surface area (Å²) in [6, 6.07) is 23.0. The Bertz CT molecular complexity index is 1380. The first-order valence-corrected chi connectivity index (χ1v) is 15.1. The Balaban J connectivity index is 2.06. The van der Waals surface area contributed by atoms with Crippen LogP contribution in [0, 0.1) is 12.8 Å². The zero-order chi connectivity index (χ0) is 29.3. The van der Waals surface area contributed by atoms with Crippen LogP contribution in [0.2, 0.25) is 0 Å². The van der Waals surface area contributed by atoms with E-state index in [0.29, 0.717) is 12.3 Å². The lowest BCUT2D eigenvalue weighted by Gasteiger charge is -2.34. The van der Waals surface area contributed by atoms with Gasteiger partial charge >= 0.3 is 0 Å². The van der Waals surface area contributed by atoms with Crippen LogP contribution in [0.15, 0.2) is 78.9 Å². The van der Waals surface area contributed by atoms with Crippen LogP contribution in [0.5, 0.6) is 5.75 Å². The summed E-state index contributed by atoms with van der Waals surface area (Å²) in [5.74, 6) is -0.256. The molecule has 40 heavy (non-hydrogen) atoms. The lowest BCUT2D eigenvalue weighted by Crippen LogP contribution is -2.53. The predicted molar refractivity (Wildman–Crippen MR) is 159 cm³/mol. The fourth-order valence-corrected chi connectivity index (χ4v) is 5.15. The van der Waals surface area contributed by atoms with E-state index < -0.39 is 28.5 Å². The number of methoxy groups -OCH3 is 1. The number of sulfonamides is 1. The number of nitrogens with zero attached hydrogens (tertiary/aromatic N) is 2. The molecule has 0 radical (unpaired) electrons. The van der Waals surface area contributed by atoms with Gasteiger partial charge in [0.25, 0.3) is 0 Å². The minimum Gasteiger partial charge on any atom is -0.495 e. The lowest BCUT2D eigenvalue weighted by atomic mass is 10.0. The number of hydrogen-bond donors (Lipinski definition) is 1. The summed E-state index contributed by atoms with van der Waals surface area (Å²) in [7, 11) is -2.43. The summed E-state index contributed by atoms with van der Waals surface area (Å²) in [5.41, 5.74) is 3.03. The minimum absolute atomic E-state index is 0.134. The standard InChI is InChI=1S/C31H39N3O5S/c1-23(2)20-32-31(36)28(19-25-11-7-6-8-12-25)33(21-26-17-15-24(3)16-18-26)30(35)22-34(40(5,37)38)27-13-9-10-14-29(27)39-4/h6-18,23,28H,19-22H2,1-5H3,(H,32,36). The van der Waals surface area contributed by atoms with E-state index in [2.05, 4.69) is 5.32 Å². The molecule has 1 atom stereocenters. The molecule has 0 spiro atoms. The molecule has 214 valence electrons. The summed E-state index contributed by atoms with van der Waals surface area (Å²) in [4.78, 5) is 29.2. The summed E-state index contributed by atoms with van der Waals surface area (Å²) in [6.45, 7) is 6.07. The van der Waals surface area contributed by atoms with Crippen molar-refractivity contribution in [2.24, 2.45) is 5.92 Å². The molecule has 3 aromatic rings. The monoisotopic (exact) mass is 565 g/mol. The average Bonchev–Trinajstić information content (AvgIpc) is 2.93. The smallest absolute Gasteiger partial charge is 0.244 e. The fraction of sp³-hybridized carbons (Fsp3) is 0.355. The second-order valence-electron chi connectivity index (χ2n) is 10.3. The summed E-state index contributed by atoms with van der Waals surface area (Å²) in [5, 5.41) is 2.98. The van der Waals surface area contributed by atoms with E-state index >= 15 is 0 Å². The van der Waals surface area contributed by atoms with Crippen molar-refractivity contribution in [1.29, 1.82) is 0 Å². The predicted octanol–water partition coefficient (Wildman–Crippen LogP) is 4.18. The van der Waals surface area contributed by atoms with Gasteiger partial charge in [-0.3, -0.25) is 13.9 Å². The van der Waals surface area contributed by atoms with E-state index in [1.165, 1.54) is 12.0 Å². The van der Waals surface area contributed by atoms with Crippen molar-refractivity contribution in [3.05, 3.63) is 95.6 Å². The molecule has 9 heteroatoms. The van der Waals surface area contributed by atoms with Crippen LogP contribution in [-0.4, -0.2) is 57.6 Å². The summed E-state index contributed by atoms with van der Waals surface area (Å²) >= 11 is 0. The molecule has 8 nitrogen and oxygen atoms in total. The van der Waals surface area contributed by atoms with Crippen molar-refractivity contribution < 1.29 is 22.7 Å². The molecular weight excluding hydrogens is 526 g/mol. The van der Waals surface area contributed by atoms with Crippen LogP contribution < -0.4 is 14.4 Å². The van der Waals surface area contributed by atoms with Crippen molar-refractivity contribution in [2.45, 2.75) is 39.8 Å². The van der Waals surface area contributed by atoms with Crippen LogP contribution in [0.3, 0.4) is 0 Å². The van der Waals surface area contributed by atoms with E-state index in [0.717, 1.165) is 27.3 Å². The number of nitrogens with one attached hydrogen (secondary N) is 1. The van der Waals surface area contributed by atoms with Crippen molar-refractivity contribution in [2.75, 3.05) is 30.8 Å². The van der Waals surface area contributed by atoms with Crippen LogP contribution in [0.4, 0.5) is 5.69 Å². The Labute approximate surface area is 238 Å². The zero-order valence-electron chi connectivity index (χ0n) is 23.8. The quantitative estimate of drug-likeness (QED) is 0.336. The largest absolute Gasteiger partial charge is 0.495 e. The van der Waals surface area contributed by atoms with Gasteiger partial charge in [-0.2, -0.15) is 0 Å². The molecule has 3 rings (SSSR count). The molecule has 0 bridgehead atoms. The highest BCUT2D eigenvalue weighted by atomic mass is 32.2. The number of rotatable bonds is 13. The molecule has 2 amide bonds. The summed E-state index contributed by atoms with van der Waals surface area (Å²) < 4.78 is 32.3. The normalized spacial score (nSPS) is 12.1. The molecule has 0 fully saturated rings. The van der Waals surface area contributed by atoms with Crippen molar-refractivity contribution >= 4 is 27.5 Å². The third-order valence-electron chi connectivity index (χ3n) is 6.46. The number of aryl methyl sites for hydroxylation is 1. The maximum absolute atomic E-state index is 14.1. The van der Waals surface area contributed by atoms with Gasteiger partial charge in [0.05, 0.1) is 19.1 Å². The highest BCUT2D eigenvalue weighted by molar-refractivity contribution is 7.92. The van der Waals surface area contributed by atoms with Crippen molar-refractivity contribution in [3.63, 3.8) is 0 Å². The molecule has 0 saturated heterocycles. The number of carbonyl (C=O) groups excluding carboxylic acids is 2. The number of ether oxygens (including phenoxy) is 1. The number of anilines is 1. The van der Waals surface area contributed by atoms with Gasteiger partial charge in [-0.05, 0) is 36.1 Å². The second kappa shape index (κ2) is 14.0. The molecular formula is C31H39N3O5S. The Morgan fingerprint density at radius 3 is 2.12 bits per heavy atom. The molecule has 1 unspecified atom stereocenters. The Morgan fingerprint density at radius 2 is 1.52 bits per heavy atom. The second-order valence-corrected chi connectivity index (χ2v) is 12.2. The average molecular weight is 566 g/mol. The summed E-state index contributed by atoms with van der Waals surface area (Å²) in [6.07, 6.45) is 1.32. The maximum atomic E-state index is 14.1. The lowest BCUT2D eigenvalue weighted by molar-refractivity contribution is -0.140. The molecule has 0 saturated carbocycles. The van der Waals surface area contributed by atoms with Crippen LogP contribution in [0.25, 0.3) is 0 Å². The van der Waals surface area contributed by atoms with Crippen molar-refractivity contribution in [3.8, 4) is 5.75 Å². The third kappa shape index (κ3) is 8.58. The van der Waals surface area contributed by atoms with E-state index in [9.17, 15) is 18.0 Å². The van der Waals surface area contributed by atoms with Crippen LogP contribution in [0.1, 0.15) is 30.5 Å². The Morgan fingerprint density at radius 1 is 0.900 bits per heavy atom. The first-order chi connectivity index (χ1) is 19.0. The Hall–Kier alpha value is -3.85. The zero-order valence-corrected chi connectivity index (χ0v) is 24.6. The molecule has 0 heterocycles. The van der Waals surface area contributed by atoms with E-state index in [1.807, 2.05) is 75.4 Å². The van der Waals surface area contributed by atoms with Gasteiger partial charge in [-0.15, -0.1) is 0 Å². The van der Waals surface area contributed by atoms with Gasteiger partial charge in [0.2, 0.25) is 21.8 Å². The number of carbonyl (C=O) groups is 2. The fourth-order valence-electron chi connectivity index (χ4n) is 4.30. The molecule has 0 aliphatic heterocycles. The molecule has 0 aromatic heterocycles. The van der Waals surface area contributed by atoms with E-state index in [4.69, 9.17) is 4.74 Å². The minimum atomic E-state index is -3.88. The Kier molecular flexibility index (Phi) is 10.7. The number of para-hydroxylation sites is 2. The SMILES string of the molecule is COc1ccccc1N(CC(=O)N(Cc1ccc(C)cc1)C(Cc1ccccc1)C(=O)NCC(C)C)S(C)(=O)=O. The van der Waals surface area contributed by atoms with E-state index in [1.54, 1.807) is 24.3 Å². The van der Waals surface area contributed by atoms with Gasteiger partial charge in [0.1, 0.15) is 18.3 Å². The first-order valence-electron chi connectivity index (χ1n) is 13.3. The highest BCUT2D eigenvalue weighted by Gasteiger charge is 2.33. The van der Waals surface area contributed by atoms with Gasteiger partial charge < -0.3 is 15.0 Å². The van der Waals surface area contributed by atoms with Gasteiger partial charge in [0, 0.05) is 19.5 Å². The van der Waals surface area contributed by atoms with Gasteiger partial charge in [-0.25, -0.2) is 8.42 Å². The number of benzene rings is 3. The molecule has 3 aromatic carbocycles. The van der Waals surface area contributed by atoms with E-state index in [-0.39, 0.29) is 30.5 Å². The first kappa shape index (κ1) is 30.7. The topological polar surface area (TPSA) is 96.0 Å². The number of amides is 2. The molecule has 0 aliphatic rings. The molecule has 1 N–H and O–H groups in total. The van der Waals surface area contributed by atoms with Gasteiger partial charge in [0.15, 0.2) is 0 Å². The number of hydrogen-bond acceptors (Lipinski definition) is 5. The van der Waals surface area contributed by atoms with Crippen LogP contribution in [-0.2, 0) is 32.6 Å². The maximum Gasteiger partial charge on any atom is 0.244 e. The molecule has 0 aliphatic carbocycles. The third-order valence-corrected chi connectivity index (χ3v) is 7.59. The highest BCUT2D eigenvalue weighted by Crippen LogP contribution is 2.30. The van der Waals surface area contributed by atoms with Gasteiger partial charge in [-0.1, -0.05) is 86.1 Å². The van der Waals surface area contributed by atoms with Crippen LogP contribution >= 0.6 is 0 Å².